The van der Waals surface area contributed by atoms with Gasteiger partial charge in [0.1, 0.15) is 22.7 Å². The van der Waals surface area contributed by atoms with Gasteiger partial charge in [0.15, 0.2) is 0 Å². The van der Waals surface area contributed by atoms with E-state index < -0.39 is 0 Å². The number of hydrogen-bond donors (Lipinski definition) is 1. The summed E-state index contributed by atoms with van der Waals surface area (Å²) in [6.45, 7) is 1.96. The standard InChI is InChI=1S/C20H17N7O2/c1-11-13-5-4-12(8-16(13)27(3)25-11)29-20-23-17-14(19(28)24-20)6-7-21-18(17)15-9-26(2)10-22-15/h4-10H,1-3H3,(H,23,24,28). The van der Waals surface area contributed by atoms with Crippen molar-refractivity contribution in [2.45, 2.75) is 6.92 Å². The Labute approximate surface area is 165 Å². The molecule has 0 aliphatic rings. The van der Waals surface area contributed by atoms with Crippen LogP contribution in [0.2, 0.25) is 0 Å². The zero-order valence-corrected chi connectivity index (χ0v) is 16.0. The predicted octanol–water partition coefficient (Wildman–Crippen LogP) is 3.12. The summed E-state index contributed by atoms with van der Waals surface area (Å²) in [5.41, 5.74) is 3.53. The highest BCUT2D eigenvalue weighted by Crippen LogP contribution is 2.32. The highest BCUT2D eigenvalue weighted by molar-refractivity contribution is 5.93. The van der Waals surface area contributed by atoms with Crippen LogP contribution in [-0.4, -0.2) is 39.4 Å². The van der Waals surface area contributed by atoms with Crippen LogP contribution in [0.5, 0.6) is 17.6 Å². The molecule has 0 spiro atoms. The third-order valence-electron chi connectivity index (χ3n) is 4.74. The molecule has 5 rings (SSSR count). The number of imidazole rings is 1. The minimum Gasteiger partial charge on any atom is -0.493 e. The van der Waals surface area contributed by atoms with Crippen molar-refractivity contribution in [1.82, 2.24) is 34.3 Å². The van der Waals surface area contributed by atoms with Crippen molar-refractivity contribution in [3.63, 3.8) is 0 Å². The quantitative estimate of drug-likeness (QED) is 0.507. The predicted molar refractivity (Wildman–Crippen MR) is 107 cm³/mol. The van der Waals surface area contributed by atoms with Crippen LogP contribution in [0.1, 0.15) is 5.69 Å². The first-order valence-electron chi connectivity index (χ1n) is 8.95. The summed E-state index contributed by atoms with van der Waals surface area (Å²) in [5, 5.41) is 16.4. The van der Waals surface area contributed by atoms with E-state index in [2.05, 4.69) is 25.0 Å². The summed E-state index contributed by atoms with van der Waals surface area (Å²) in [4.78, 5) is 17.3. The van der Waals surface area contributed by atoms with Gasteiger partial charge in [0, 0.05) is 37.9 Å². The lowest BCUT2D eigenvalue weighted by Gasteiger charge is -2.08. The average molecular weight is 387 g/mol. The van der Waals surface area contributed by atoms with Crippen LogP contribution in [0.3, 0.4) is 0 Å². The molecule has 0 amide bonds. The van der Waals surface area contributed by atoms with Crippen LogP contribution >= 0.6 is 0 Å². The number of ether oxygens (including phenoxy) is 1. The lowest BCUT2D eigenvalue weighted by molar-refractivity contribution is 0.412. The van der Waals surface area contributed by atoms with Crippen LogP contribution in [0.25, 0.3) is 33.2 Å². The van der Waals surface area contributed by atoms with Crippen molar-refractivity contribution < 1.29 is 9.84 Å². The summed E-state index contributed by atoms with van der Waals surface area (Å²) >= 11 is 0. The Hall–Kier alpha value is -4.01. The van der Waals surface area contributed by atoms with Crippen molar-refractivity contribution in [1.29, 1.82) is 0 Å². The van der Waals surface area contributed by atoms with Gasteiger partial charge >= 0.3 is 6.01 Å². The molecule has 0 atom stereocenters. The lowest BCUT2D eigenvalue weighted by atomic mass is 10.2. The first kappa shape index (κ1) is 17.1. The number of rotatable bonds is 3. The molecule has 0 unspecified atom stereocenters. The summed E-state index contributed by atoms with van der Waals surface area (Å²) in [7, 11) is 3.75. The van der Waals surface area contributed by atoms with Gasteiger partial charge in [-0.3, -0.25) is 9.67 Å². The van der Waals surface area contributed by atoms with Crippen LogP contribution in [0, 0.1) is 6.92 Å². The molecule has 0 bridgehead atoms. The van der Waals surface area contributed by atoms with Crippen molar-refractivity contribution in [2.24, 2.45) is 14.1 Å². The Morgan fingerprint density at radius 2 is 1.90 bits per heavy atom. The molecular weight excluding hydrogens is 370 g/mol. The van der Waals surface area contributed by atoms with Crippen LogP contribution in [0.4, 0.5) is 0 Å². The van der Waals surface area contributed by atoms with E-state index in [0.29, 0.717) is 28.0 Å². The summed E-state index contributed by atoms with van der Waals surface area (Å²) in [6.07, 6.45) is 5.11. The molecule has 1 aromatic carbocycles. The van der Waals surface area contributed by atoms with E-state index in [1.54, 1.807) is 23.3 Å². The maximum atomic E-state index is 10.4. The van der Waals surface area contributed by atoms with Gasteiger partial charge in [0.2, 0.25) is 5.88 Å². The Kier molecular flexibility index (Phi) is 3.70. The zero-order valence-electron chi connectivity index (χ0n) is 16.0. The molecule has 0 aliphatic heterocycles. The maximum Gasteiger partial charge on any atom is 0.325 e. The lowest BCUT2D eigenvalue weighted by Crippen LogP contribution is -1.97. The van der Waals surface area contributed by atoms with E-state index in [0.717, 1.165) is 16.6 Å². The van der Waals surface area contributed by atoms with Crippen molar-refractivity contribution in [3.8, 4) is 29.0 Å². The Morgan fingerprint density at radius 1 is 1.03 bits per heavy atom. The molecule has 144 valence electrons. The number of aromatic nitrogens is 7. The van der Waals surface area contributed by atoms with E-state index in [1.165, 1.54) is 0 Å². The number of hydrogen-bond acceptors (Lipinski definition) is 7. The maximum absolute atomic E-state index is 10.4. The fourth-order valence-corrected chi connectivity index (χ4v) is 3.37. The summed E-state index contributed by atoms with van der Waals surface area (Å²) < 4.78 is 9.47. The number of benzene rings is 1. The van der Waals surface area contributed by atoms with Gasteiger partial charge in [-0.05, 0) is 25.1 Å². The van der Waals surface area contributed by atoms with Gasteiger partial charge in [-0.2, -0.15) is 15.1 Å². The number of pyridine rings is 1. The minimum atomic E-state index is -0.179. The number of nitrogens with zero attached hydrogens (tertiary/aromatic N) is 7. The first-order valence-corrected chi connectivity index (χ1v) is 8.95. The van der Waals surface area contributed by atoms with Crippen LogP contribution < -0.4 is 4.74 Å². The van der Waals surface area contributed by atoms with E-state index in [-0.39, 0.29) is 11.9 Å². The summed E-state index contributed by atoms with van der Waals surface area (Å²) in [6, 6.07) is 7.31. The zero-order chi connectivity index (χ0) is 20.1. The topological polar surface area (TPSA) is 104 Å². The van der Waals surface area contributed by atoms with Gasteiger partial charge in [-0.25, -0.2) is 4.98 Å². The molecule has 0 radical (unpaired) electrons. The van der Waals surface area contributed by atoms with Crippen molar-refractivity contribution in [3.05, 3.63) is 48.7 Å². The van der Waals surface area contributed by atoms with Gasteiger partial charge < -0.3 is 14.4 Å². The van der Waals surface area contributed by atoms with Gasteiger partial charge in [-0.1, -0.05) is 0 Å². The summed E-state index contributed by atoms with van der Waals surface area (Å²) in [5.74, 6) is 0.365. The SMILES string of the molecule is Cc1nn(C)c2cc(Oc3nc(O)c4ccnc(-c5cn(C)cn5)c4n3)ccc12. The van der Waals surface area contributed by atoms with Crippen LogP contribution in [-0.2, 0) is 14.1 Å². The van der Waals surface area contributed by atoms with Crippen molar-refractivity contribution in [2.75, 3.05) is 0 Å². The molecule has 29 heavy (non-hydrogen) atoms. The molecule has 0 aliphatic carbocycles. The molecule has 9 heteroatoms. The molecule has 1 N–H and O–H groups in total. The minimum absolute atomic E-state index is 0.0263. The second kappa shape index (κ2) is 6.26. The van der Waals surface area contributed by atoms with Crippen molar-refractivity contribution >= 4 is 21.8 Å². The third kappa shape index (κ3) is 2.83. The van der Waals surface area contributed by atoms with Crippen LogP contribution in [0.15, 0.2) is 43.0 Å². The number of fused-ring (bicyclic) bond motifs is 2. The van der Waals surface area contributed by atoms with E-state index in [9.17, 15) is 5.11 Å². The molecule has 0 fully saturated rings. The van der Waals surface area contributed by atoms with Gasteiger partial charge in [-0.15, -0.1) is 0 Å². The second-order valence-corrected chi connectivity index (χ2v) is 6.80. The fourth-order valence-electron chi connectivity index (χ4n) is 3.37. The molecule has 4 aromatic heterocycles. The van der Waals surface area contributed by atoms with E-state index in [1.807, 2.05) is 50.0 Å². The number of aryl methyl sites for hydroxylation is 3. The highest BCUT2D eigenvalue weighted by atomic mass is 16.5. The third-order valence-corrected chi connectivity index (χ3v) is 4.74. The smallest absolute Gasteiger partial charge is 0.325 e. The molecule has 9 nitrogen and oxygen atoms in total. The van der Waals surface area contributed by atoms with E-state index in [4.69, 9.17) is 4.74 Å². The first-order chi connectivity index (χ1) is 14.0. The fraction of sp³-hybridized carbons (Fsp3) is 0.150. The normalized spacial score (nSPS) is 11.4. The largest absolute Gasteiger partial charge is 0.493 e. The molecule has 0 saturated carbocycles. The molecule has 0 saturated heterocycles. The van der Waals surface area contributed by atoms with E-state index >= 15 is 0 Å². The van der Waals surface area contributed by atoms with Gasteiger partial charge in [0.05, 0.1) is 22.9 Å². The molecule has 4 heterocycles. The molecular formula is C20H17N7O2. The molecule has 5 aromatic rings. The highest BCUT2D eigenvalue weighted by Gasteiger charge is 2.16. The van der Waals surface area contributed by atoms with Gasteiger partial charge in [0.25, 0.3) is 0 Å². The Balaban J connectivity index is 1.61. The average Bonchev–Trinajstić information content (AvgIpc) is 3.24. The monoisotopic (exact) mass is 387 g/mol. The number of aromatic hydroxyl groups is 1. The second-order valence-electron chi connectivity index (χ2n) is 6.80. The Morgan fingerprint density at radius 3 is 2.69 bits per heavy atom. The Bertz CT molecular complexity index is 1390.